The Morgan fingerprint density at radius 1 is 1.22 bits per heavy atom. The molecule has 1 fully saturated rings. The quantitative estimate of drug-likeness (QED) is 0.413. The first-order valence-electron chi connectivity index (χ1n) is 9.55. The number of benzene rings is 1. The minimum absolute atomic E-state index is 0.0895. The molecule has 7 heteroatoms. The van der Waals surface area contributed by atoms with E-state index >= 15 is 0 Å². The van der Waals surface area contributed by atoms with E-state index in [-0.39, 0.29) is 11.8 Å². The van der Waals surface area contributed by atoms with Crippen LogP contribution in [0.5, 0.6) is 5.75 Å². The van der Waals surface area contributed by atoms with Crippen LogP contribution in [0.4, 0.5) is 0 Å². The maximum absolute atomic E-state index is 11.8. The lowest BCUT2D eigenvalue weighted by atomic mass is 10.1. The topological polar surface area (TPSA) is 83.0 Å². The van der Waals surface area contributed by atoms with Crippen LogP contribution in [0.3, 0.4) is 0 Å². The summed E-state index contributed by atoms with van der Waals surface area (Å²) in [5.41, 5.74) is 2.21. The van der Waals surface area contributed by atoms with Gasteiger partial charge in [0.05, 0.1) is 6.61 Å². The second-order valence-corrected chi connectivity index (χ2v) is 6.60. The van der Waals surface area contributed by atoms with E-state index < -0.39 is 0 Å². The summed E-state index contributed by atoms with van der Waals surface area (Å²) in [7, 11) is 1.69. The highest BCUT2D eigenvalue weighted by molar-refractivity contribution is 5.97. The van der Waals surface area contributed by atoms with Gasteiger partial charge >= 0.3 is 0 Å². The van der Waals surface area contributed by atoms with Crippen LogP contribution in [-0.2, 0) is 16.1 Å². The third kappa shape index (κ3) is 6.27. The van der Waals surface area contributed by atoms with Crippen molar-refractivity contribution in [2.24, 2.45) is 4.99 Å². The van der Waals surface area contributed by atoms with Gasteiger partial charge in [0.1, 0.15) is 5.75 Å². The van der Waals surface area contributed by atoms with Gasteiger partial charge in [-0.15, -0.1) is 0 Å². The molecule has 0 radical (unpaired) electrons. The Labute approximate surface area is 161 Å². The summed E-state index contributed by atoms with van der Waals surface area (Å²) in [6.45, 7) is 6.19. The molecule has 1 aliphatic heterocycles. The molecule has 7 nitrogen and oxygen atoms in total. The van der Waals surface area contributed by atoms with E-state index in [0.29, 0.717) is 51.5 Å². The molecule has 2 rings (SSSR count). The Balaban J connectivity index is 1.85. The third-order valence-corrected chi connectivity index (χ3v) is 4.37. The first-order chi connectivity index (χ1) is 13.0. The summed E-state index contributed by atoms with van der Waals surface area (Å²) in [4.78, 5) is 29.2. The van der Waals surface area contributed by atoms with Gasteiger partial charge in [-0.25, -0.2) is 0 Å². The van der Waals surface area contributed by atoms with Gasteiger partial charge in [0.15, 0.2) is 5.96 Å². The number of amides is 2. The Morgan fingerprint density at radius 3 is 2.63 bits per heavy atom. The normalized spacial score (nSPS) is 15.1. The Kier molecular flexibility index (Phi) is 8.10. The molecule has 0 unspecified atom stereocenters. The number of rotatable bonds is 8. The van der Waals surface area contributed by atoms with Gasteiger partial charge in [0.2, 0.25) is 11.8 Å². The molecule has 2 N–H and O–H groups in total. The Morgan fingerprint density at radius 2 is 1.96 bits per heavy atom. The second kappa shape index (κ2) is 10.5. The monoisotopic (exact) mass is 374 g/mol. The predicted molar refractivity (Wildman–Crippen MR) is 106 cm³/mol. The van der Waals surface area contributed by atoms with Crippen LogP contribution >= 0.6 is 0 Å². The Hall–Kier alpha value is -2.57. The van der Waals surface area contributed by atoms with E-state index in [1.807, 2.05) is 19.1 Å². The highest BCUT2D eigenvalue weighted by atomic mass is 16.5. The van der Waals surface area contributed by atoms with Gasteiger partial charge < -0.3 is 15.4 Å². The van der Waals surface area contributed by atoms with Crippen molar-refractivity contribution < 1.29 is 14.3 Å². The number of hydrogen-bond donors (Lipinski definition) is 2. The molecular formula is C20H30N4O3. The highest BCUT2D eigenvalue weighted by Gasteiger charge is 2.25. The lowest BCUT2D eigenvalue weighted by Crippen LogP contribution is -2.46. The number of likely N-dealkylation sites (tertiary alicyclic amines) is 1. The lowest BCUT2D eigenvalue weighted by Gasteiger charge is -2.25. The molecule has 0 atom stereocenters. The van der Waals surface area contributed by atoms with Gasteiger partial charge in [-0.2, -0.15) is 0 Å². The van der Waals surface area contributed by atoms with Crippen molar-refractivity contribution in [3.05, 3.63) is 29.3 Å². The van der Waals surface area contributed by atoms with Crippen molar-refractivity contribution in [3.63, 3.8) is 0 Å². The van der Waals surface area contributed by atoms with Gasteiger partial charge in [-0.3, -0.25) is 19.5 Å². The van der Waals surface area contributed by atoms with Crippen molar-refractivity contribution in [2.75, 3.05) is 26.7 Å². The average Bonchev–Trinajstić information content (AvgIpc) is 2.66. The number of nitrogens with zero attached hydrogens (tertiary/aromatic N) is 2. The van der Waals surface area contributed by atoms with Gasteiger partial charge in [0.25, 0.3) is 0 Å². The first kappa shape index (κ1) is 20.7. The average molecular weight is 374 g/mol. The largest absolute Gasteiger partial charge is 0.493 e. The fourth-order valence-corrected chi connectivity index (χ4v) is 2.89. The number of ether oxygens (including phenoxy) is 1. The second-order valence-electron chi connectivity index (χ2n) is 6.60. The zero-order chi connectivity index (χ0) is 19.6. The van der Waals surface area contributed by atoms with Crippen molar-refractivity contribution in [1.82, 2.24) is 15.5 Å². The summed E-state index contributed by atoms with van der Waals surface area (Å²) in [5.74, 6) is 1.32. The molecule has 1 aliphatic rings. The maximum atomic E-state index is 11.8. The van der Waals surface area contributed by atoms with E-state index in [1.165, 1.54) is 4.90 Å². The van der Waals surface area contributed by atoms with Crippen LogP contribution in [0.2, 0.25) is 0 Å². The van der Waals surface area contributed by atoms with Crippen molar-refractivity contribution in [3.8, 4) is 5.75 Å². The Bertz CT molecular complexity index is 672. The number of carbonyl (C=O) groups excluding carboxylic acids is 2. The number of aliphatic imine (C=N–C) groups is 1. The predicted octanol–water partition coefficient (Wildman–Crippen LogP) is 1.99. The number of piperidine rings is 1. The molecular weight excluding hydrogens is 344 g/mol. The zero-order valence-electron chi connectivity index (χ0n) is 16.5. The van der Waals surface area contributed by atoms with Crippen LogP contribution in [0.25, 0.3) is 0 Å². The van der Waals surface area contributed by atoms with Crippen molar-refractivity contribution >= 4 is 17.8 Å². The molecule has 0 spiro atoms. The summed E-state index contributed by atoms with van der Waals surface area (Å²) in [6, 6.07) is 6.14. The molecule has 2 amide bonds. The molecule has 0 aliphatic carbocycles. The molecule has 0 bridgehead atoms. The molecule has 0 saturated carbocycles. The molecule has 1 aromatic rings. The van der Waals surface area contributed by atoms with Crippen molar-refractivity contribution in [2.45, 2.75) is 46.1 Å². The third-order valence-electron chi connectivity index (χ3n) is 4.37. The van der Waals surface area contributed by atoms with Crippen LogP contribution < -0.4 is 15.4 Å². The fourth-order valence-electron chi connectivity index (χ4n) is 2.89. The first-order valence-corrected chi connectivity index (χ1v) is 9.55. The van der Waals surface area contributed by atoms with Crippen LogP contribution in [0.1, 0.15) is 43.7 Å². The molecule has 1 saturated heterocycles. The van der Waals surface area contributed by atoms with Gasteiger partial charge in [-0.05, 0) is 31.4 Å². The van der Waals surface area contributed by atoms with E-state index in [1.54, 1.807) is 7.05 Å². The molecule has 1 heterocycles. The number of aryl methyl sites for hydroxylation is 1. The fraction of sp³-hybridized carbons (Fsp3) is 0.550. The van der Waals surface area contributed by atoms with E-state index in [9.17, 15) is 9.59 Å². The molecule has 1 aromatic carbocycles. The minimum Gasteiger partial charge on any atom is -0.493 e. The van der Waals surface area contributed by atoms with Crippen molar-refractivity contribution in [1.29, 1.82) is 0 Å². The van der Waals surface area contributed by atoms with Gasteiger partial charge in [-0.1, -0.05) is 19.1 Å². The number of imide groups is 1. The van der Waals surface area contributed by atoms with Crippen LogP contribution in [0.15, 0.2) is 23.2 Å². The number of nitrogens with one attached hydrogen (secondary N) is 2. The summed E-state index contributed by atoms with van der Waals surface area (Å²) >= 11 is 0. The van der Waals surface area contributed by atoms with Crippen LogP contribution in [0, 0.1) is 6.92 Å². The molecule has 148 valence electrons. The zero-order valence-corrected chi connectivity index (χ0v) is 16.5. The number of carbonyl (C=O) groups is 2. The standard InChI is InChI=1S/C20H30N4O3/c1-4-12-27-17-13-15(2)8-9-16(17)14-23-20(21-3)22-10-11-24-18(25)6-5-7-19(24)26/h8-9,13H,4-7,10-12,14H2,1-3H3,(H2,21,22,23). The van der Waals surface area contributed by atoms with E-state index in [2.05, 4.69) is 28.6 Å². The van der Waals surface area contributed by atoms with E-state index in [0.717, 1.165) is 23.3 Å². The SMILES string of the molecule is CCCOc1cc(C)ccc1CNC(=NC)NCCN1C(=O)CCCC1=O. The smallest absolute Gasteiger partial charge is 0.229 e. The summed E-state index contributed by atoms with van der Waals surface area (Å²) in [6.07, 6.45) is 2.52. The molecule has 0 aromatic heterocycles. The number of hydrogen-bond acceptors (Lipinski definition) is 4. The maximum Gasteiger partial charge on any atom is 0.229 e. The summed E-state index contributed by atoms with van der Waals surface area (Å²) < 4.78 is 5.84. The lowest BCUT2D eigenvalue weighted by molar-refractivity contribution is -0.147. The number of guanidine groups is 1. The summed E-state index contributed by atoms with van der Waals surface area (Å²) in [5, 5.41) is 6.41. The minimum atomic E-state index is -0.0895. The van der Waals surface area contributed by atoms with Gasteiger partial charge in [0, 0.05) is 45.1 Å². The highest BCUT2D eigenvalue weighted by Crippen LogP contribution is 2.20. The molecule has 27 heavy (non-hydrogen) atoms. The van der Waals surface area contributed by atoms with Crippen LogP contribution in [-0.4, -0.2) is 49.4 Å². The van der Waals surface area contributed by atoms with E-state index in [4.69, 9.17) is 4.74 Å².